The number of anilines is 1. The van der Waals surface area contributed by atoms with Crippen molar-refractivity contribution >= 4 is 27.5 Å². The molecule has 4 nitrogen and oxygen atoms in total. The Bertz CT molecular complexity index is 729. The number of carbonyl (C=O) groups excluding carboxylic acids is 1. The largest absolute Gasteiger partial charge is 0.496 e. The summed E-state index contributed by atoms with van der Waals surface area (Å²) in [6.45, 7) is 6.18. The molecule has 0 unspecified atom stereocenters. The van der Waals surface area contributed by atoms with Crippen LogP contribution in [0.3, 0.4) is 0 Å². The van der Waals surface area contributed by atoms with Gasteiger partial charge in [-0.15, -0.1) is 0 Å². The van der Waals surface area contributed by atoms with E-state index in [1.807, 2.05) is 19.1 Å². The second-order valence-corrected chi connectivity index (χ2v) is 6.74. The first-order chi connectivity index (χ1) is 11.4. The van der Waals surface area contributed by atoms with E-state index in [-0.39, 0.29) is 12.5 Å². The quantitative estimate of drug-likeness (QED) is 0.760. The molecular weight excluding hydrogens is 370 g/mol. The number of ether oxygens (including phenoxy) is 2. The van der Waals surface area contributed by atoms with Gasteiger partial charge in [0.2, 0.25) is 0 Å². The van der Waals surface area contributed by atoms with Crippen LogP contribution >= 0.6 is 15.9 Å². The van der Waals surface area contributed by atoms with Crippen molar-refractivity contribution in [2.75, 3.05) is 19.0 Å². The van der Waals surface area contributed by atoms with Crippen molar-refractivity contribution in [2.45, 2.75) is 26.7 Å². The Morgan fingerprint density at radius 1 is 1.17 bits per heavy atom. The highest BCUT2D eigenvalue weighted by Gasteiger charge is 2.11. The SMILES string of the molecule is COc1ccc(NC(=O)COc2cc(C)ccc2C(C)C)cc1Br. The lowest BCUT2D eigenvalue weighted by atomic mass is 10.0. The number of rotatable bonds is 6. The summed E-state index contributed by atoms with van der Waals surface area (Å²) < 4.78 is 11.7. The van der Waals surface area contributed by atoms with Crippen molar-refractivity contribution in [2.24, 2.45) is 0 Å². The second kappa shape index (κ2) is 8.20. The number of carbonyl (C=O) groups is 1. The van der Waals surface area contributed by atoms with Gasteiger partial charge in [-0.2, -0.15) is 0 Å². The topological polar surface area (TPSA) is 47.6 Å². The van der Waals surface area contributed by atoms with Gasteiger partial charge in [0.05, 0.1) is 11.6 Å². The van der Waals surface area contributed by atoms with Gasteiger partial charge >= 0.3 is 0 Å². The molecule has 128 valence electrons. The highest BCUT2D eigenvalue weighted by atomic mass is 79.9. The lowest BCUT2D eigenvalue weighted by Crippen LogP contribution is -2.20. The van der Waals surface area contributed by atoms with E-state index in [1.54, 1.807) is 25.3 Å². The van der Waals surface area contributed by atoms with Crippen LogP contribution in [-0.4, -0.2) is 19.6 Å². The van der Waals surface area contributed by atoms with Crippen LogP contribution in [0.2, 0.25) is 0 Å². The fraction of sp³-hybridized carbons (Fsp3) is 0.316. The lowest BCUT2D eigenvalue weighted by Gasteiger charge is -2.15. The number of hydrogen-bond donors (Lipinski definition) is 1. The van der Waals surface area contributed by atoms with Gasteiger partial charge in [0.25, 0.3) is 5.91 Å². The maximum Gasteiger partial charge on any atom is 0.262 e. The molecule has 0 aliphatic carbocycles. The number of hydrogen-bond acceptors (Lipinski definition) is 3. The number of methoxy groups -OCH3 is 1. The highest BCUT2D eigenvalue weighted by Crippen LogP contribution is 2.29. The molecule has 24 heavy (non-hydrogen) atoms. The van der Waals surface area contributed by atoms with Gasteiger partial charge in [0.15, 0.2) is 6.61 Å². The molecule has 0 aromatic heterocycles. The van der Waals surface area contributed by atoms with E-state index in [2.05, 4.69) is 41.2 Å². The monoisotopic (exact) mass is 391 g/mol. The van der Waals surface area contributed by atoms with Gasteiger partial charge in [-0.1, -0.05) is 26.0 Å². The van der Waals surface area contributed by atoms with Crippen molar-refractivity contribution < 1.29 is 14.3 Å². The number of aryl methyl sites for hydroxylation is 1. The highest BCUT2D eigenvalue weighted by molar-refractivity contribution is 9.10. The molecule has 0 heterocycles. The van der Waals surface area contributed by atoms with Crippen LogP contribution < -0.4 is 14.8 Å². The van der Waals surface area contributed by atoms with Crippen LogP contribution in [0, 0.1) is 6.92 Å². The zero-order chi connectivity index (χ0) is 17.7. The van der Waals surface area contributed by atoms with E-state index in [4.69, 9.17) is 9.47 Å². The molecule has 0 aliphatic heterocycles. The van der Waals surface area contributed by atoms with Crippen LogP contribution in [-0.2, 0) is 4.79 Å². The Labute approximate surface area is 151 Å². The summed E-state index contributed by atoms with van der Waals surface area (Å²) in [4.78, 5) is 12.1. The molecule has 0 saturated carbocycles. The molecule has 0 spiro atoms. The summed E-state index contributed by atoms with van der Waals surface area (Å²) >= 11 is 3.40. The van der Waals surface area contributed by atoms with Gasteiger partial charge in [-0.25, -0.2) is 0 Å². The number of amides is 1. The Morgan fingerprint density at radius 2 is 1.92 bits per heavy atom. The molecular formula is C19H22BrNO3. The molecule has 2 aromatic rings. The van der Waals surface area contributed by atoms with Gasteiger partial charge in [-0.3, -0.25) is 4.79 Å². The molecule has 1 N–H and O–H groups in total. The van der Waals surface area contributed by atoms with E-state index in [0.29, 0.717) is 17.4 Å². The van der Waals surface area contributed by atoms with Gasteiger partial charge < -0.3 is 14.8 Å². The van der Waals surface area contributed by atoms with E-state index in [0.717, 1.165) is 21.3 Å². The van der Waals surface area contributed by atoms with E-state index in [9.17, 15) is 4.79 Å². The number of nitrogens with one attached hydrogen (secondary N) is 1. The molecule has 0 radical (unpaired) electrons. The molecule has 2 rings (SSSR count). The first kappa shape index (κ1) is 18.3. The van der Waals surface area contributed by atoms with Crippen molar-refractivity contribution in [3.8, 4) is 11.5 Å². The zero-order valence-electron chi connectivity index (χ0n) is 14.4. The van der Waals surface area contributed by atoms with Crippen LogP contribution in [0.4, 0.5) is 5.69 Å². The maximum atomic E-state index is 12.1. The average molecular weight is 392 g/mol. The molecule has 2 aromatic carbocycles. The minimum Gasteiger partial charge on any atom is -0.496 e. The second-order valence-electron chi connectivity index (χ2n) is 5.88. The summed E-state index contributed by atoms with van der Waals surface area (Å²) in [5.41, 5.74) is 2.89. The summed E-state index contributed by atoms with van der Waals surface area (Å²) in [5, 5.41) is 2.82. The lowest BCUT2D eigenvalue weighted by molar-refractivity contribution is -0.118. The summed E-state index contributed by atoms with van der Waals surface area (Å²) in [6.07, 6.45) is 0. The predicted octanol–water partition coefficient (Wildman–Crippen LogP) is 4.91. The standard InChI is InChI=1S/C19H22BrNO3/c1-12(2)15-7-5-13(3)9-18(15)24-11-19(22)21-14-6-8-17(23-4)16(20)10-14/h5-10,12H,11H2,1-4H3,(H,21,22). The molecule has 0 saturated heterocycles. The zero-order valence-corrected chi connectivity index (χ0v) is 15.9. The van der Waals surface area contributed by atoms with Crippen molar-refractivity contribution in [1.29, 1.82) is 0 Å². The van der Waals surface area contributed by atoms with Crippen LogP contribution in [0.25, 0.3) is 0 Å². The number of benzene rings is 2. The third-order valence-electron chi connectivity index (χ3n) is 3.59. The summed E-state index contributed by atoms with van der Waals surface area (Å²) in [5.74, 6) is 1.60. The Kier molecular flexibility index (Phi) is 6.26. The summed E-state index contributed by atoms with van der Waals surface area (Å²) in [6, 6.07) is 11.4. The first-order valence-electron chi connectivity index (χ1n) is 7.77. The fourth-order valence-electron chi connectivity index (χ4n) is 2.33. The minimum absolute atomic E-state index is 0.0349. The average Bonchev–Trinajstić information content (AvgIpc) is 2.53. The van der Waals surface area contributed by atoms with Crippen molar-refractivity contribution in [3.63, 3.8) is 0 Å². The van der Waals surface area contributed by atoms with Crippen molar-refractivity contribution in [3.05, 3.63) is 52.0 Å². The molecule has 5 heteroatoms. The Morgan fingerprint density at radius 3 is 2.54 bits per heavy atom. The van der Waals surface area contributed by atoms with Crippen LogP contribution in [0.1, 0.15) is 30.9 Å². The molecule has 0 bridgehead atoms. The molecule has 0 aliphatic rings. The fourth-order valence-corrected chi connectivity index (χ4v) is 2.87. The van der Waals surface area contributed by atoms with Crippen molar-refractivity contribution in [1.82, 2.24) is 0 Å². The van der Waals surface area contributed by atoms with Gasteiger partial charge in [0, 0.05) is 5.69 Å². The third kappa shape index (κ3) is 4.74. The van der Waals surface area contributed by atoms with E-state index < -0.39 is 0 Å². The molecule has 0 atom stereocenters. The number of halogens is 1. The molecule has 1 amide bonds. The first-order valence-corrected chi connectivity index (χ1v) is 8.56. The maximum absolute atomic E-state index is 12.1. The van der Waals surface area contributed by atoms with Gasteiger partial charge in [-0.05, 0) is 64.2 Å². The Balaban J connectivity index is 2.01. The van der Waals surface area contributed by atoms with E-state index >= 15 is 0 Å². The van der Waals surface area contributed by atoms with Crippen LogP contribution in [0.15, 0.2) is 40.9 Å². The molecule has 0 fully saturated rings. The summed E-state index contributed by atoms with van der Waals surface area (Å²) in [7, 11) is 1.60. The smallest absolute Gasteiger partial charge is 0.262 e. The normalized spacial score (nSPS) is 10.6. The van der Waals surface area contributed by atoms with Crippen LogP contribution in [0.5, 0.6) is 11.5 Å². The van der Waals surface area contributed by atoms with E-state index in [1.165, 1.54) is 0 Å². The van der Waals surface area contributed by atoms with Gasteiger partial charge in [0.1, 0.15) is 11.5 Å². The third-order valence-corrected chi connectivity index (χ3v) is 4.21. The Hall–Kier alpha value is -2.01. The minimum atomic E-state index is -0.205. The predicted molar refractivity (Wildman–Crippen MR) is 100 cm³/mol.